The van der Waals surface area contributed by atoms with Crippen LogP contribution in [0, 0.1) is 0 Å². The molecule has 2 heterocycles. The highest BCUT2D eigenvalue weighted by Gasteiger charge is 2.04. The highest BCUT2D eigenvalue weighted by molar-refractivity contribution is 9.10. The molecule has 3 rings (SSSR count). The Morgan fingerprint density at radius 1 is 1.10 bits per heavy atom. The summed E-state index contributed by atoms with van der Waals surface area (Å²) in [5.74, 6) is 0. The third-order valence-corrected chi connectivity index (χ3v) is 3.87. The van der Waals surface area contributed by atoms with Gasteiger partial charge in [0.15, 0.2) is 5.65 Å². The second-order valence-electron chi connectivity index (χ2n) is 4.42. The molecule has 2 aromatic heterocycles. The minimum absolute atomic E-state index is 0.754. The molecular weight excluding hydrogens is 384 g/mol. The van der Waals surface area contributed by atoms with Crippen LogP contribution in [0.5, 0.6) is 0 Å². The van der Waals surface area contributed by atoms with Crippen molar-refractivity contribution in [1.29, 1.82) is 0 Å². The summed E-state index contributed by atoms with van der Waals surface area (Å²) in [6.07, 6.45) is 5.55. The van der Waals surface area contributed by atoms with Gasteiger partial charge in [-0.05, 0) is 33.6 Å². The molecular formula is C14H12Br2N4. The molecule has 20 heavy (non-hydrogen) atoms. The smallest absolute Gasteiger partial charge is 0.155 e. The standard InChI is InChI=1S/C14H12Br2N4/c15-11-3-1-2-10(4-11)5-17-6-12-7-19-14-8-18-13(16)9-20(12)14/h1-4,7-9,17H,5-6H2. The normalized spacial score (nSPS) is 11.1. The number of benzene rings is 1. The van der Waals surface area contributed by atoms with Gasteiger partial charge in [-0.2, -0.15) is 0 Å². The van der Waals surface area contributed by atoms with Gasteiger partial charge in [-0.15, -0.1) is 0 Å². The highest BCUT2D eigenvalue weighted by atomic mass is 79.9. The van der Waals surface area contributed by atoms with Gasteiger partial charge in [0, 0.05) is 23.8 Å². The SMILES string of the molecule is Brc1cccc(CNCc2cnc3cnc(Br)cn23)c1. The first kappa shape index (κ1) is 13.7. The third kappa shape index (κ3) is 3.08. The van der Waals surface area contributed by atoms with Crippen LogP contribution in [-0.4, -0.2) is 14.4 Å². The van der Waals surface area contributed by atoms with E-state index >= 15 is 0 Å². The van der Waals surface area contributed by atoms with Crippen molar-refractivity contribution in [2.45, 2.75) is 13.1 Å². The van der Waals surface area contributed by atoms with E-state index in [0.29, 0.717) is 0 Å². The maximum Gasteiger partial charge on any atom is 0.155 e. The van der Waals surface area contributed by atoms with Crippen LogP contribution in [0.4, 0.5) is 0 Å². The Hall–Kier alpha value is -1.24. The Morgan fingerprint density at radius 2 is 2.00 bits per heavy atom. The number of fused-ring (bicyclic) bond motifs is 1. The summed E-state index contributed by atoms with van der Waals surface area (Å²) in [4.78, 5) is 8.50. The Kier molecular flexibility index (Phi) is 4.14. The molecule has 1 N–H and O–H groups in total. The van der Waals surface area contributed by atoms with Gasteiger partial charge in [0.2, 0.25) is 0 Å². The Labute approximate surface area is 133 Å². The Bertz CT molecular complexity index is 739. The van der Waals surface area contributed by atoms with Gasteiger partial charge in [0.05, 0.1) is 18.1 Å². The van der Waals surface area contributed by atoms with E-state index in [1.165, 1.54) is 5.56 Å². The van der Waals surface area contributed by atoms with E-state index in [2.05, 4.69) is 59.3 Å². The predicted molar refractivity (Wildman–Crippen MR) is 85.4 cm³/mol. The number of hydrogen-bond donors (Lipinski definition) is 1. The fourth-order valence-corrected chi connectivity index (χ4v) is 2.78. The van der Waals surface area contributed by atoms with Gasteiger partial charge in [-0.25, -0.2) is 9.97 Å². The Morgan fingerprint density at radius 3 is 2.85 bits per heavy atom. The van der Waals surface area contributed by atoms with Crippen LogP contribution in [0.15, 0.2) is 51.9 Å². The number of rotatable bonds is 4. The minimum atomic E-state index is 0.754. The van der Waals surface area contributed by atoms with E-state index in [4.69, 9.17) is 0 Å². The van der Waals surface area contributed by atoms with Gasteiger partial charge in [0.1, 0.15) is 4.60 Å². The van der Waals surface area contributed by atoms with E-state index in [1.807, 2.05) is 28.9 Å². The highest BCUT2D eigenvalue weighted by Crippen LogP contribution is 2.13. The van der Waals surface area contributed by atoms with Crippen molar-refractivity contribution in [3.63, 3.8) is 0 Å². The van der Waals surface area contributed by atoms with Crippen LogP contribution in [0.3, 0.4) is 0 Å². The molecule has 0 saturated carbocycles. The van der Waals surface area contributed by atoms with Crippen molar-refractivity contribution in [3.8, 4) is 0 Å². The predicted octanol–water partition coefficient (Wildman–Crippen LogP) is 3.54. The summed E-state index contributed by atoms with van der Waals surface area (Å²) < 4.78 is 3.93. The van der Waals surface area contributed by atoms with E-state index in [-0.39, 0.29) is 0 Å². The van der Waals surface area contributed by atoms with Gasteiger partial charge in [0.25, 0.3) is 0 Å². The van der Waals surface area contributed by atoms with Crippen LogP contribution in [0.25, 0.3) is 5.65 Å². The van der Waals surface area contributed by atoms with Crippen LogP contribution in [0.2, 0.25) is 0 Å². The van der Waals surface area contributed by atoms with E-state index in [0.717, 1.165) is 33.5 Å². The van der Waals surface area contributed by atoms with Gasteiger partial charge in [-0.1, -0.05) is 28.1 Å². The molecule has 0 bridgehead atoms. The summed E-state index contributed by atoms with van der Waals surface area (Å²) in [5.41, 5.74) is 3.21. The molecule has 4 nitrogen and oxygen atoms in total. The van der Waals surface area contributed by atoms with E-state index in [1.54, 1.807) is 6.20 Å². The summed E-state index contributed by atoms with van der Waals surface area (Å²) in [5, 5.41) is 3.43. The van der Waals surface area contributed by atoms with Crippen LogP contribution < -0.4 is 5.32 Å². The number of aromatic nitrogens is 3. The van der Waals surface area contributed by atoms with Crippen molar-refractivity contribution < 1.29 is 0 Å². The largest absolute Gasteiger partial charge is 0.307 e. The number of imidazole rings is 1. The molecule has 102 valence electrons. The van der Waals surface area contributed by atoms with Crippen LogP contribution in [-0.2, 0) is 13.1 Å². The zero-order valence-corrected chi connectivity index (χ0v) is 13.7. The first-order valence-electron chi connectivity index (χ1n) is 6.15. The molecule has 0 aliphatic heterocycles. The molecule has 0 spiro atoms. The second-order valence-corrected chi connectivity index (χ2v) is 6.15. The van der Waals surface area contributed by atoms with Crippen molar-refractivity contribution in [2.24, 2.45) is 0 Å². The lowest BCUT2D eigenvalue weighted by Gasteiger charge is -2.05. The molecule has 0 aliphatic carbocycles. The quantitative estimate of drug-likeness (QED) is 0.734. The lowest BCUT2D eigenvalue weighted by Crippen LogP contribution is -2.14. The topological polar surface area (TPSA) is 42.2 Å². The molecule has 0 unspecified atom stereocenters. The third-order valence-electron chi connectivity index (χ3n) is 2.97. The van der Waals surface area contributed by atoms with Crippen LogP contribution >= 0.6 is 31.9 Å². The minimum Gasteiger partial charge on any atom is -0.307 e. The summed E-state index contributed by atoms with van der Waals surface area (Å²) in [7, 11) is 0. The molecule has 0 atom stereocenters. The zero-order valence-electron chi connectivity index (χ0n) is 10.6. The van der Waals surface area contributed by atoms with Crippen LogP contribution in [0.1, 0.15) is 11.3 Å². The van der Waals surface area contributed by atoms with E-state index in [9.17, 15) is 0 Å². The number of hydrogen-bond acceptors (Lipinski definition) is 3. The number of halogens is 2. The fraction of sp³-hybridized carbons (Fsp3) is 0.143. The number of nitrogens with one attached hydrogen (secondary N) is 1. The van der Waals surface area contributed by atoms with E-state index < -0.39 is 0 Å². The average Bonchev–Trinajstić information content (AvgIpc) is 2.82. The molecule has 3 aromatic rings. The molecule has 0 fully saturated rings. The van der Waals surface area contributed by atoms with Gasteiger partial charge >= 0.3 is 0 Å². The van der Waals surface area contributed by atoms with Gasteiger partial charge in [-0.3, -0.25) is 4.40 Å². The molecule has 0 aliphatic rings. The van der Waals surface area contributed by atoms with Crippen molar-refractivity contribution >= 4 is 37.5 Å². The van der Waals surface area contributed by atoms with Crippen molar-refractivity contribution in [2.75, 3.05) is 0 Å². The molecule has 1 aromatic carbocycles. The van der Waals surface area contributed by atoms with Crippen molar-refractivity contribution in [3.05, 3.63) is 63.2 Å². The molecule has 0 radical (unpaired) electrons. The first-order valence-corrected chi connectivity index (χ1v) is 7.73. The monoisotopic (exact) mass is 394 g/mol. The lowest BCUT2D eigenvalue weighted by molar-refractivity contribution is 0.675. The Balaban J connectivity index is 1.69. The summed E-state index contributed by atoms with van der Waals surface area (Å²) >= 11 is 6.86. The average molecular weight is 396 g/mol. The first-order chi connectivity index (χ1) is 9.72. The maximum absolute atomic E-state index is 4.33. The fourth-order valence-electron chi connectivity index (χ4n) is 2.03. The van der Waals surface area contributed by atoms with Gasteiger partial charge < -0.3 is 5.32 Å². The molecule has 6 heteroatoms. The summed E-state index contributed by atoms with van der Waals surface area (Å²) in [6.45, 7) is 1.57. The maximum atomic E-state index is 4.33. The van der Waals surface area contributed by atoms with Crippen molar-refractivity contribution in [1.82, 2.24) is 19.7 Å². The molecule has 0 amide bonds. The number of nitrogens with zero attached hydrogens (tertiary/aromatic N) is 3. The lowest BCUT2D eigenvalue weighted by atomic mass is 10.2. The molecule has 0 saturated heterocycles. The zero-order chi connectivity index (χ0) is 13.9. The second kappa shape index (κ2) is 6.03. The summed E-state index contributed by atoms with van der Waals surface area (Å²) in [6, 6.07) is 8.28.